The Balaban J connectivity index is 1.27. The first kappa shape index (κ1) is 42.9. The number of hydrogen-bond donors (Lipinski definition) is 2. The summed E-state index contributed by atoms with van der Waals surface area (Å²) in [4.78, 5) is 28.9. The van der Waals surface area contributed by atoms with Gasteiger partial charge in [0.2, 0.25) is 0 Å². The van der Waals surface area contributed by atoms with Crippen LogP contribution in [-0.2, 0) is 35.9 Å². The van der Waals surface area contributed by atoms with Crippen molar-refractivity contribution >= 4 is 35.8 Å². The number of benzene rings is 4. The quantitative estimate of drug-likeness (QED) is 0.121. The van der Waals surface area contributed by atoms with Crippen molar-refractivity contribution in [3.05, 3.63) is 119 Å². The molecule has 2 aliphatic rings. The first-order valence-electron chi connectivity index (χ1n) is 18.3. The summed E-state index contributed by atoms with van der Waals surface area (Å²) < 4.78 is 120. The summed E-state index contributed by atoms with van der Waals surface area (Å²) >= 11 is 0. The van der Waals surface area contributed by atoms with Gasteiger partial charge in [0.15, 0.2) is 18.2 Å². The van der Waals surface area contributed by atoms with Gasteiger partial charge in [0.25, 0.3) is 11.5 Å². The molecule has 1 unspecified atom stereocenters. The number of nitrogens with one attached hydrogen (secondary N) is 1. The zero-order valence-corrected chi connectivity index (χ0v) is 34.0. The maximum absolute atomic E-state index is 14.0. The molecule has 4 aromatic carbocycles. The first-order chi connectivity index (χ1) is 26.9. The standard InChI is InChI=1S/C41H42F6N2O7SSi/c1-38(2,3)58(4,5)56-20-21-57(53,54)28-18-19-29-25(22-28)23-49(37(51)55-24-34-32-12-8-6-10-30(32)31-11-7-9-13-33(31)34)35(29)36(50)48-27-16-14-26(15-17-27)39(52,40(42,43)44)41(45,46)47/h6-19,22,34-35,52H,20-21,23-24H2,1-5H3,(H,48,50). The molecule has 0 aromatic heterocycles. The van der Waals surface area contributed by atoms with Gasteiger partial charge in [-0.3, -0.25) is 9.69 Å². The summed E-state index contributed by atoms with van der Waals surface area (Å²) in [6.45, 7) is 9.64. The average Bonchev–Trinajstić information content (AvgIpc) is 3.68. The fourth-order valence-electron chi connectivity index (χ4n) is 6.99. The van der Waals surface area contributed by atoms with Crippen LogP contribution in [0.25, 0.3) is 11.1 Å². The van der Waals surface area contributed by atoms with Gasteiger partial charge < -0.3 is 19.6 Å². The van der Waals surface area contributed by atoms with E-state index in [9.17, 15) is 49.5 Å². The van der Waals surface area contributed by atoms with E-state index in [4.69, 9.17) is 9.16 Å². The Labute approximate surface area is 333 Å². The number of fused-ring (bicyclic) bond motifs is 4. The summed E-state index contributed by atoms with van der Waals surface area (Å²) in [7, 11) is -6.17. The van der Waals surface area contributed by atoms with Crippen molar-refractivity contribution in [2.45, 2.75) is 80.3 Å². The maximum Gasteiger partial charge on any atom is 0.430 e. The largest absolute Gasteiger partial charge is 0.448 e. The molecule has 2 amide bonds. The Kier molecular flexibility index (Phi) is 11.2. The van der Waals surface area contributed by atoms with E-state index in [0.29, 0.717) is 17.7 Å². The third-order valence-corrected chi connectivity index (χ3v) is 17.5. The molecule has 6 rings (SSSR count). The van der Waals surface area contributed by atoms with Crippen molar-refractivity contribution in [3.8, 4) is 11.1 Å². The second-order valence-corrected chi connectivity index (χ2v) is 22.8. The van der Waals surface area contributed by atoms with E-state index in [0.717, 1.165) is 39.3 Å². The highest BCUT2D eigenvalue weighted by atomic mass is 32.2. The van der Waals surface area contributed by atoms with Gasteiger partial charge in [-0.2, -0.15) is 26.3 Å². The average molecular weight is 849 g/mol. The number of anilines is 1. The molecule has 17 heteroatoms. The molecule has 0 bridgehead atoms. The minimum absolute atomic E-state index is 0.0467. The molecule has 1 heterocycles. The summed E-state index contributed by atoms with van der Waals surface area (Å²) in [6, 6.07) is 20.1. The smallest absolute Gasteiger partial charge is 0.430 e. The molecule has 310 valence electrons. The molecule has 2 N–H and O–H groups in total. The first-order valence-corrected chi connectivity index (χ1v) is 22.8. The fourth-order valence-corrected chi connectivity index (χ4v) is 9.31. The second-order valence-electron chi connectivity index (χ2n) is 15.9. The van der Waals surface area contributed by atoms with Gasteiger partial charge in [-0.15, -0.1) is 0 Å². The number of amides is 2. The van der Waals surface area contributed by atoms with E-state index in [1.807, 2.05) is 82.4 Å². The minimum Gasteiger partial charge on any atom is -0.448 e. The molecular formula is C41H42F6N2O7SSi. The third-order valence-electron chi connectivity index (χ3n) is 11.3. The predicted molar refractivity (Wildman–Crippen MR) is 206 cm³/mol. The van der Waals surface area contributed by atoms with Gasteiger partial charge in [0, 0.05) is 23.8 Å². The van der Waals surface area contributed by atoms with Crippen LogP contribution in [0.1, 0.15) is 60.5 Å². The van der Waals surface area contributed by atoms with Crippen LogP contribution in [0, 0.1) is 0 Å². The number of nitrogens with zero attached hydrogens (tertiary/aromatic N) is 1. The number of hydrogen-bond acceptors (Lipinski definition) is 7. The monoisotopic (exact) mass is 848 g/mol. The Hall–Kier alpha value is -4.71. The van der Waals surface area contributed by atoms with Crippen molar-refractivity contribution in [1.82, 2.24) is 4.90 Å². The van der Waals surface area contributed by atoms with Crippen LogP contribution in [0.4, 0.5) is 36.8 Å². The zero-order chi connectivity index (χ0) is 42.6. The van der Waals surface area contributed by atoms with Gasteiger partial charge in [0.1, 0.15) is 12.6 Å². The highest BCUT2D eigenvalue weighted by molar-refractivity contribution is 7.91. The Morgan fingerprint density at radius 3 is 1.91 bits per heavy atom. The highest BCUT2D eigenvalue weighted by Crippen LogP contribution is 2.50. The van der Waals surface area contributed by atoms with E-state index in [-0.39, 0.29) is 52.6 Å². The van der Waals surface area contributed by atoms with Crippen molar-refractivity contribution < 1.29 is 58.6 Å². The molecule has 0 saturated heterocycles. The van der Waals surface area contributed by atoms with E-state index in [1.165, 1.54) is 18.2 Å². The lowest BCUT2D eigenvalue weighted by atomic mass is 9.92. The molecule has 9 nitrogen and oxygen atoms in total. The lowest BCUT2D eigenvalue weighted by Gasteiger charge is -2.36. The zero-order valence-electron chi connectivity index (χ0n) is 32.2. The van der Waals surface area contributed by atoms with Crippen LogP contribution in [0.2, 0.25) is 18.1 Å². The van der Waals surface area contributed by atoms with Crippen LogP contribution < -0.4 is 5.32 Å². The van der Waals surface area contributed by atoms with E-state index < -0.39 is 59.7 Å². The summed E-state index contributed by atoms with van der Waals surface area (Å²) in [5.41, 5.74) is -2.63. The number of carbonyl (C=O) groups excluding carboxylic acids is 2. The molecular weight excluding hydrogens is 807 g/mol. The van der Waals surface area contributed by atoms with E-state index >= 15 is 0 Å². The van der Waals surface area contributed by atoms with Crippen LogP contribution in [0.5, 0.6) is 0 Å². The van der Waals surface area contributed by atoms with Crippen LogP contribution >= 0.6 is 0 Å². The summed E-state index contributed by atoms with van der Waals surface area (Å²) in [6.07, 6.45) is -13.2. The van der Waals surface area contributed by atoms with E-state index in [2.05, 4.69) is 5.32 Å². The Morgan fingerprint density at radius 1 is 0.828 bits per heavy atom. The van der Waals surface area contributed by atoms with Crippen molar-refractivity contribution in [2.75, 3.05) is 24.3 Å². The lowest BCUT2D eigenvalue weighted by Crippen LogP contribution is -2.53. The molecule has 1 atom stereocenters. The van der Waals surface area contributed by atoms with Crippen LogP contribution in [0.3, 0.4) is 0 Å². The molecule has 0 radical (unpaired) electrons. The maximum atomic E-state index is 14.0. The molecule has 1 aliphatic carbocycles. The third kappa shape index (κ3) is 7.88. The molecule has 0 saturated carbocycles. The van der Waals surface area contributed by atoms with Gasteiger partial charge in [-0.05, 0) is 75.8 Å². The number of carbonyl (C=O) groups is 2. The van der Waals surface area contributed by atoms with Crippen LogP contribution in [-0.4, -0.2) is 70.1 Å². The van der Waals surface area contributed by atoms with E-state index in [1.54, 1.807) is 0 Å². The lowest BCUT2D eigenvalue weighted by molar-refractivity contribution is -0.376. The molecule has 0 fully saturated rings. The van der Waals surface area contributed by atoms with Gasteiger partial charge >= 0.3 is 18.4 Å². The number of ether oxygens (including phenoxy) is 1. The molecule has 1 aliphatic heterocycles. The predicted octanol–water partition coefficient (Wildman–Crippen LogP) is 9.24. The normalized spacial score (nSPS) is 16.1. The fraction of sp³-hybridized carbons (Fsp3) is 0.366. The minimum atomic E-state index is -6.11. The van der Waals surface area contributed by atoms with Gasteiger partial charge in [-0.1, -0.05) is 87.5 Å². The molecule has 4 aromatic rings. The van der Waals surface area contributed by atoms with Crippen LogP contribution in [0.15, 0.2) is 95.9 Å². The number of alkyl halides is 6. The summed E-state index contributed by atoms with van der Waals surface area (Å²) in [5, 5.41) is 12.1. The number of rotatable bonds is 10. The topological polar surface area (TPSA) is 122 Å². The highest BCUT2D eigenvalue weighted by Gasteiger charge is 2.71. The number of aliphatic hydroxyl groups is 1. The van der Waals surface area contributed by atoms with Crippen molar-refractivity contribution in [1.29, 1.82) is 0 Å². The summed E-state index contributed by atoms with van der Waals surface area (Å²) in [5.74, 6) is -1.59. The van der Waals surface area contributed by atoms with Gasteiger partial charge in [0.05, 0.1) is 17.2 Å². The molecule has 0 spiro atoms. The van der Waals surface area contributed by atoms with Crippen molar-refractivity contribution in [2.24, 2.45) is 0 Å². The number of halogens is 6. The Morgan fingerprint density at radius 2 is 1.38 bits per heavy atom. The van der Waals surface area contributed by atoms with Gasteiger partial charge in [-0.25, -0.2) is 13.2 Å². The SMILES string of the molecule is CC(C)(C)[Si](C)(C)OCCS(=O)(=O)c1ccc2c(c1)CN(C(=O)OCC1c3ccccc3-c3ccccc31)C2C(=O)Nc1ccc(C(O)(C(F)(F)F)C(F)(F)F)cc1. The number of sulfone groups is 1. The second kappa shape index (κ2) is 15.1. The van der Waals surface area contributed by atoms with Crippen molar-refractivity contribution in [3.63, 3.8) is 0 Å². The molecule has 58 heavy (non-hydrogen) atoms. The Bertz CT molecular complexity index is 2270.